The molecule has 4 nitrogen and oxygen atoms in total. The van der Waals surface area contributed by atoms with Crippen LogP contribution in [0, 0.1) is 30.2 Å². The van der Waals surface area contributed by atoms with Crippen LogP contribution in [0.1, 0.15) is 11.5 Å². The monoisotopic (exact) mass is 301 g/mol. The summed E-state index contributed by atoms with van der Waals surface area (Å²) in [5, 5.41) is 2.77. The van der Waals surface area contributed by atoms with Gasteiger partial charge in [0.1, 0.15) is 12.4 Å². The summed E-state index contributed by atoms with van der Waals surface area (Å²) in [5.74, 6) is -6.82. The third kappa shape index (κ3) is 3.21. The zero-order valence-corrected chi connectivity index (χ0v) is 11.2. The van der Waals surface area contributed by atoms with Crippen molar-refractivity contribution in [3.63, 3.8) is 0 Å². The first-order valence-corrected chi connectivity index (χ1v) is 5.90. The van der Waals surface area contributed by atoms with Gasteiger partial charge in [-0.3, -0.25) is 0 Å². The second-order valence-electron chi connectivity index (χ2n) is 4.15. The normalized spacial score (nSPS) is 10.6. The van der Waals surface area contributed by atoms with Crippen molar-refractivity contribution in [1.29, 1.82) is 0 Å². The zero-order valence-electron chi connectivity index (χ0n) is 11.2. The van der Waals surface area contributed by atoms with Crippen LogP contribution in [0.15, 0.2) is 12.1 Å². The van der Waals surface area contributed by atoms with Gasteiger partial charge < -0.3 is 10.1 Å². The first kappa shape index (κ1) is 15.0. The molecule has 1 heterocycles. The molecular formula is C13H11F4N3O. The number of ether oxygens (including phenoxy) is 1. The fourth-order valence-electron chi connectivity index (χ4n) is 1.64. The summed E-state index contributed by atoms with van der Waals surface area (Å²) in [4.78, 5) is 7.98. The molecular weight excluding hydrogens is 290 g/mol. The Morgan fingerprint density at radius 3 is 2.24 bits per heavy atom. The fraction of sp³-hybridized carbons (Fsp3) is 0.231. The third-order valence-electron chi connectivity index (χ3n) is 2.57. The molecule has 1 aromatic carbocycles. The Labute approximate surface area is 117 Å². The summed E-state index contributed by atoms with van der Waals surface area (Å²) in [7, 11) is 1.63. The van der Waals surface area contributed by atoms with Gasteiger partial charge in [0.2, 0.25) is 11.6 Å². The van der Waals surface area contributed by atoms with Gasteiger partial charge in [-0.1, -0.05) is 0 Å². The van der Waals surface area contributed by atoms with Gasteiger partial charge in [0.05, 0.1) is 0 Å². The van der Waals surface area contributed by atoms with Gasteiger partial charge in [0.15, 0.2) is 23.2 Å². The second kappa shape index (κ2) is 5.94. The maximum absolute atomic E-state index is 13.4. The number of aryl methyl sites for hydroxylation is 1. The maximum Gasteiger partial charge on any atom is 0.203 e. The van der Waals surface area contributed by atoms with Crippen LogP contribution in [0.4, 0.5) is 23.4 Å². The van der Waals surface area contributed by atoms with E-state index in [9.17, 15) is 17.6 Å². The molecule has 0 fully saturated rings. The Hall–Kier alpha value is -2.38. The molecule has 0 saturated heterocycles. The van der Waals surface area contributed by atoms with Crippen LogP contribution in [0.2, 0.25) is 0 Å². The van der Waals surface area contributed by atoms with Gasteiger partial charge >= 0.3 is 0 Å². The lowest BCUT2D eigenvalue weighted by Crippen LogP contribution is -2.08. The Bertz CT molecular complexity index is 653. The number of rotatable bonds is 4. The average molecular weight is 301 g/mol. The molecule has 0 atom stereocenters. The zero-order chi connectivity index (χ0) is 15.6. The number of hydrogen-bond donors (Lipinski definition) is 1. The smallest absolute Gasteiger partial charge is 0.203 e. The third-order valence-corrected chi connectivity index (χ3v) is 2.57. The topological polar surface area (TPSA) is 47.0 Å². The van der Waals surface area contributed by atoms with Crippen molar-refractivity contribution in [3.8, 4) is 5.75 Å². The van der Waals surface area contributed by atoms with E-state index in [-0.39, 0.29) is 11.9 Å². The lowest BCUT2D eigenvalue weighted by atomic mass is 10.3. The highest BCUT2D eigenvalue weighted by Crippen LogP contribution is 2.27. The van der Waals surface area contributed by atoms with Crippen LogP contribution < -0.4 is 10.1 Å². The molecule has 21 heavy (non-hydrogen) atoms. The minimum Gasteiger partial charge on any atom is -0.479 e. The van der Waals surface area contributed by atoms with E-state index in [1.54, 1.807) is 20.0 Å². The van der Waals surface area contributed by atoms with Crippen molar-refractivity contribution in [2.75, 3.05) is 12.4 Å². The molecule has 1 N–H and O–H groups in total. The summed E-state index contributed by atoms with van der Waals surface area (Å²) in [5.41, 5.74) is 0.597. The van der Waals surface area contributed by atoms with Gasteiger partial charge in [0, 0.05) is 24.9 Å². The molecule has 0 saturated carbocycles. The molecule has 0 radical (unpaired) electrons. The first-order chi connectivity index (χ1) is 9.92. The number of halogens is 4. The molecule has 2 aromatic rings. The molecule has 0 unspecified atom stereocenters. The minimum atomic E-state index is -1.60. The van der Waals surface area contributed by atoms with Gasteiger partial charge in [-0.15, -0.1) is 0 Å². The van der Waals surface area contributed by atoms with Gasteiger partial charge in [-0.05, 0) is 6.92 Å². The Morgan fingerprint density at radius 2 is 1.67 bits per heavy atom. The molecule has 0 amide bonds. The summed E-state index contributed by atoms with van der Waals surface area (Å²) in [6.45, 7) is 1.25. The van der Waals surface area contributed by atoms with Crippen molar-refractivity contribution < 1.29 is 22.3 Å². The summed E-state index contributed by atoms with van der Waals surface area (Å²) in [6.07, 6.45) is 0. The van der Waals surface area contributed by atoms with Crippen molar-refractivity contribution in [3.05, 3.63) is 46.9 Å². The quantitative estimate of drug-likeness (QED) is 0.696. The first-order valence-electron chi connectivity index (χ1n) is 5.90. The van der Waals surface area contributed by atoms with E-state index in [1.807, 2.05) is 0 Å². The van der Waals surface area contributed by atoms with E-state index in [4.69, 9.17) is 4.74 Å². The fourth-order valence-corrected chi connectivity index (χ4v) is 1.64. The Balaban J connectivity index is 2.26. The summed E-state index contributed by atoms with van der Waals surface area (Å²) >= 11 is 0. The van der Waals surface area contributed by atoms with Crippen LogP contribution in [0.3, 0.4) is 0 Å². The van der Waals surface area contributed by atoms with Gasteiger partial charge in [-0.25, -0.2) is 18.7 Å². The highest BCUT2D eigenvalue weighted by atomic mass is 19.2. The van der Waals surface area contributed by atoms with Crippen molar-refractivity contribution in [1.82, 2.24) is 9.97 Å². The minimum absolute atomic E-state index is 0.111. The molecule has 0 spiro atoms. The number of hydrogen-bond acceptors (Lipinski definition) is 4. The number of benzene rings is 1. The van der Waals surface area contributed by atoms with E-state index < -0.39 is 35.6 Å². The molecule has 0 aliphatic heterocycles. The SMILES string of the molecule is CNc1cc(C)nc(COc2c(F)c(F)cc(F)c2F)n1. The van der Waals surface area contributed by atoms with Crippen molar-refractivity contribution in [2.45, 2.75) is 13.5 Å². The molecule has 0 aliphatic rings. The van der Waals surface area contributed by atoms with Crippen LogP contribution in [0.5, 0.6) is 5.75 Å². The van der Waals surface area contributed by atoms with Crippen LogP contribution in [-0.2, 0) is 6.61 Å². The number of aromatic nitrogens is 2. The summed E-state index contributed by atoms with van der Waals surface area (Å²) in [6, 6.07) is 1.76. The van der Waals surface area contributed by atoms with Crippen molar-refractivity contribution in [2.24, 2.45) is 0 Å². The van der Waals surface area contributed by atoms with Gasteiger partial charge in [-0.2, -0.15) is 8.78 Å². The number of nitrogens with zero attached hydrogens (tertiary/aromatic N) is 2. The Kier molecular flexibility index (Phi) is 4.25. The van der Waals surface area contributed by atoms with E-state index in [1.165, 1.54) is 0 Å². The average Bonchev–Trinajstić information content (AvgIpc) is 2.44. The predicted molar refractivity (Wildman–Crippen MR) is 66.9 cm³/mol. The standard InChI is InChI=1S/C13H11F4N3O/c1-6-3-9(18-2)20-10(19-6)5-21-13-11(16)7(14)4-8(15)12(13)17/h3-4H,5H2,1-2H3,(H,18,19,20). The molecule has 1 aromatic heterocycles. The molecule has 112 valence electrons. The number of anilines is 1. The van der Waals surface area contributed by atoms with Crippen LogP contribution in [0.25, 0.3) is 0 Å². The highest BCUT2D eigenvalue weighted by Gasteiger charge is 2.21. The molecule has 2 rings (SSSR count). The van der Waals surface area contributed by atoms with Crippen LogP contribution in [-0.4, -0.2) is 17.0 Å². The van der Waals surface area contributed by atoms with E-state index in [2.05, 4.69) is 15.3 Å². The van der Waals surface area contributed by atoms with Crippen molar-refractivity contribution >= 4 is 5.82 Å². The molecule has 8 heteroatoms. The highest BCUT2D eigenvalue weighted by molar-refractivity contribution is 5.35. The second-order valence-corrected chi connectivity index (χ2v) is 4.15. The van der Waals surface area contributed by atoms with Gasteiger partial charge in [0.25, 0.3) is 0 Å². The molecule has 0 aliphatic carbocycles. The maximum atomic E-state index is 13.4. The molecule has 0 bridgehead atoms. The van der Waals surface area contributed by atoms with E-state index in [0.717, 1.165) is 0 Å². The largest absolute Gasteiger partial charge is 0.479 e. The predicted octanol–water partition coefficient (Wildman–Crippen LogP) is 2.96. The summed E-state index contributed by atoms with van der Waals surface area (Å²) < 4.78 is 57.7. The Morgan fingerprint density at radius 1 is 1.05 bits per heavy atom. The van der Waals surface area contributed by atoms with E-state index in [0.29, 0.717) is 11.5 Å². The van der Waals surface area contributed by atoms with E-state index >= 15 is 0 Å². The lowest BCUT2D eigenvalue weighted by Gasteiger charge is -2.10. The lowest BCUT2D eigenvalue weighted by molar-refractivity contribution is 0.254. The van der Waals surface area contributed by atoms with Crippen LogP contribution >= 0.6 is 0 Å². The number of nitrogens with one attached hydrogen (secondary N) is 1.